The Balaban J connectivity index is 2.52. The third-order valence-electron chi connectivity index (χ3n) is 3.90. The van der Waals surface area contributed by atoms with Crippen molar-refractivity contribution in [2.24, 2.45) is 11.3 Å². The van der Waals surface area contributed by atoms with Gasteiger partial charge in [-0.05, 0) is 37.1 Å². The number of likely N-dealkylation sites (tertiary alicyclic amines) is 1. The van der Waals surface area contributed by atoms with Crippen molar-refractivity contribution in [3.05, 3.63) is 0 Å². The smallest absolute Gasteiger partial charge is 0.250 e. The zero-order chi connectivity index (χ0) is 15.2. The molecule has 1 aliphatic heterocycles. The van der Waals surface area contributed by atoms with Gasteiger partial charge in [-0.25, -0.2) is 8.78 Å². The van der Waals surface area contributed by atoms with E-state index in [0.717, 1.165) is 26.1 Å². The molecule has 0 aromatic rings. The Morgan fingerprint density at radius 3 is 2.50 bits per heavy atom. The molecule has 2 atom stereocenters. The number of rotatable bonds is 7. The highest BCUT2D eigenvalue weighted by Gasteiger charge is 2.29. The van der Waals surface area contributed by atoms with Crippen LogP contribution >= 0.6 is 0 Å². The van der Waals surface area contributed by atoms with Gasteiger partial charge in [0, 0.05) is 19.1 Å². The van der Waals surface area contributed by atoms with Gasteiger partial charge in [0.1, 0.15) is 0 Å². The summed E-state index contributed by atoms with van der Waals surface area (Å²) in [7, 11) is 0. The zero-order valence-corrected chi connectivity index (χ0v) is 13.6. The lowest BCUT2D eigenvalue weighted by molar-refractivity contribution is 0.0938. The van der Waals surface area contributed by atoms with Gasteiger partial charge in [0.05, 0.1) is 6.54 Å². The summed E-state index contributed by atoms with van der Waals surface area (Å²) in [5.41, 5.74) is 0.311. The molecule has 20 heavy (non-hydrogen) atoms. The lowest BCUT2D eigenvalue weighted by Crippen LogP contribution is -2.50. The lowest BCUT2D eigenvalue weighted by Gasteiger charge is -2.40. The van der Waals surface area contributed by atoms with Crippen LogP contribution in [0.3, 0.4) is 0 Å². The Labute approximate surface area is 123 Å². The minimum Gasteiger partial charge on any atom is -0.307 e. The summed E-state index contributed by atoms with van der Waals surface area (Å²) in [5.74, 6) is 0.621. The summed E-state index contributed by atoms with van der Waals surface area (Å²) in [6, 6.07) is 0.224. The number of unbranched alkanes of at least 4 members (excludes halogenated alkanes) is 1. The van der Waals surface area contributed by atoms with E-state index in [2.05, 4.69) is 37.9 Å². The standard InChI is InChI=1S/C16H32F2N2/c1-5-6-7-20-11-13(9-16(2,3)4)8-14(12-20)19-10-15(17)18/h13-15,19H,5-12H2,1-4H3. The maximum Gasteiger partial charge on any atom is 0.250 e. The third kappa shape index (κ3) is 7.53. The molecule has 0 aliphatic carbocycles. The molecule has 1 rings (SSSR count). The molecule has 2 unspecified atom stereocenters. The van der Waals surface area contributed by atoms with Crippen molar-refractivity contribution in [3.63, 3.8) is 0 Å². The molecular weight excluding hydrogens is 258 g/mol. The van der Waals surface area contributed by atoms with Gasteiger partial charge < -0.3 is 10.2 Å². The SMILES string of the molecule is CCCCN1CC(CC(C)(C)C)CC(NCC(F)F)C1. The van der Waals surface area contributed by atoms with Crippen LogP contribution in [0.5, 0.6) is 0 Å². The quantitative estimate of drug-likeness (QED) is 0.768. The van der Waals surface area contributed by atoms with Gasteiger partial charge in [0.25, 0.3) is 6.43 Å². The fourth-order valence-electron chi connectivity index (χ4n) is 3.28. The summed E-state index contributed by atoms with van der Waals surface area (Å²) < 4.78 is 24.8. The number of alkyl halides is 2. The van der Waals surface area contributed by atoms with Crippen molar-refractivity contribution in [1.29, 1.82) is 0 Å². The predicted octanol–water partition coefficient (Wildman–Crippen LogP) is 3.77. The van der Waals surface area contributed by atoms with Crippen molar-refractivity contribution in [2.75, 3.05) is 26.2 Å². The molecular formula is C16H32F2N2. The zero-order valence-electron chi connectivity index (χ0n) is 13.6. The molecule has 0 spiro atoms. The highest BCUT2D eigenvalue weighted by molar-refractivity contribution is 4.85. The van der Waals surface area contributed by atoms with E-state index in [1.54, 1.807) is 0 Å². The Hall–Kier alpha value is -0.220. The molecule has 0 aromatic heterocycles. The van der Waals surface area contributed by atoms with Crippen LogP contribution in [0.1, 0.15) is 53.4 Å². The number of halogens is 2. The first-order valence-electron chi connectivity index (χ1n) is 8.04. The van der Waals surface area contributed by atoms with Crippen LogP contribution in [-0.2, 0) is 0 Å². The molecule has 1 fully saturated rings. The summed E-state index contributed by atoms with van der Waals surface area (Å²) in [5, 5.41) is 3.05. The maximum atomic E-state index is 12.4. The van der Waals surface area contributed by atoms with Crippen LogP contribution < -0.4 is 5.32 Å². The lowest BCUT2D eigenvalue weighted by atomic mass is 9.80. The molecule has 1 saturated heterocycles. The Bertz CT molecular complexity index is 264. The Morgan fingerprint density at radius 1 is 1.25 bits per heavy atom. The Kier molecular flexibility index (Phi) is 7.38. The van der Waals surface area contributed by atoms with Gasteiger partial charge in [-0.2, -0.15) is 0 Å². The fourth-order valence-corrected chi connectivity index (χ4v) is 3.28. The average molecular weight is 290 g/mol. The second-order valence-corrected chi connectivity index (χ2v) is 7.48. The van der Waals surface area contributed by atoms with E-state index in [9.17, 15) is 8.78 Å². The molecule has 0 amide bonds. The van der Waals surface area contributed by atoms with Crippen LogP contribution in [0.4, 0.5) is 8.78 Å². The summed E-state index contributed by atoms with van der Waals surface area (Å²) in [6.45, 7) is 12.0. The second kappa shape index (κ2) is 8.28. The molecule has 1 N–H and O–H groups in total. The molecule has 0 bridgehead atoms. The van der Waals surface area contributed by atoms with Crippen LogP contribution in [0.25, 0.3) is 0 Å². The normalized spacial score (nSPS) is 25.4. The predicted molar refractivity (Wildman–Crippen MR) is 81.3 cm³/mol. The molecule has 120 valence electrons. The molecule has 2 nitrogen and oxygen atoms in total. The number of hydrogen-bond acceptors (Lipinski definition) is 2. The maximum absolute atomic E-state index is 12.4. The number of piperidine rings is 1. The highest BCUT2D eigenvalue weighted by atomic mass is 19.3. The molecule has 1 heterocycles. The van der Waals surface area contributed by atoms with Crippen molar-refractivity contribution < 1.29 is 8.78 Å². The van der Waals surface area contributed by atoms with E-state index >= 15 is 0 Å². The van der Waals surface area contributed by atoms with Crippen molar-refractivity contribution in [2.45, 2.75) is 65.8 Å². The summed E-state index contributed by atoms with van der Waals surface area (Å²) in [4.78, 5) is 2.46. The first-order chi connectivity index (χ1) is 9.30. The van der Waals surface area contributed by atoms with Gasteiger partial charge in [-0.1, -0.05) is 34.1 Å². The second-order valence-electron chi connectivity index (χ2n) is 7.48. The Morgan fingerprint density at radius 2 is 1.95 bits per heavy atom. The summed E-state index contributed by atoms with van der Waals surface area (Å²) >= 11 is 0. The van der Waals surface area contributed by atoms with Crippen molar-refractivity contribution in [3.8, 4) is 0 Å². The van der Waals surface area contributed by atoms with Crippen molar-refractivity contribution >= 4 is 0 Å². The molecule has 4 heteroatoms. The van der Waals surface area contributed by atoms with Gasteiger partial charge in [0.15, 0.2) is 0 Å². The van der Waals surface area contributed by atoms with E-state index in [-0.39, 0.29) is 12.6 Å². The van der Waals surface area contributed by atoms with Crippen LogP contribution in [0.2, 0.25) is 0 Å². The molecule has 1 aliphatic rings. The van der Waals surface area contributed by atoms with Crippen LogP contribution in [-0.4, -0.2) is 43.5 Å². The minimum atomic E-state index is -2.25. The summed E-state index contributed by atoms with van der Waals surface area (Å²) in [6.07, 6.45) is 2.34. The molecule has 0 saturated carbocycles. The van der Waals surface area contributed by atoms with Gasteiger partial charge >= 0.3 is 0 Å². The largest absolute Gasteiger partial charge is 0.307 e. The highest BCUT2D eigenvalue weighted by Crippen LogP contribution is 2.30. The van der Waals surface area contributed by atoms with Crippen molar-refractivity contribution in [1.82, 2.24) is 10.2 Å². The average Bonchev–Trinajstić information content (AvgIpc) is 2.31. The van der Waals surface area contributed by atoms with Gasteiger partial charge in [-0.3, -0.25) is 0 Å². The first-order valence-corrected chi connectivity index (χ1v) is 8.04. The fraction of sp³-hybridized carbons (Fsp3) is 1.00. The van der Waals surface area contributed by atoms with Crippen LogP contribution in [0, 0.1) is 11.3 Å². The van der Waals surface area contributed by atoms with E-state index in [4.69, 9.17) is 0 Å². The van der Waals surface area contributed by atoms with Crippen LogP contribution in [0.15, 0.2) is 0 Å². The number of nitrogens with zero attached hydrogens (tertiary/aromatic N) is 1. The first kappa shape index (κ1) is 17.8. The third-order valence-corrected chi connectivity index (χ3v) is 3.90. The van der Waals surface area contributed by atoms with E-state index in [1.165, 1.54) is 19.3 Å². The van der Waals surface area contributed by atoms with E-state index < -0.39 is 6.43 Å². The molecule has 0 radical (unpaired) electrons. The minimum absolute atomic E-state index is 0.172. The molecule has 0 aromatic carbocycles. The number of nitrogens with one attached hydrogen (secondary N) is 1. The van der Waals surface area contributed by atoms with Gasteiger partial charge in [0.2, 0.25) is 0 Å². The monoisotopic (exact) mass is 290 g/mol. The number of hydrogen-bond donors (Lipinski definition) is 1. The van der Waals surface area contributed by atoms with Gasteiger partial charge in [-0.15, -0.1) is 0 Å². The van der Waals surface area contributed by atoms with E-state index in [1.807, 2.05) is 0 Å². The van der Waals surface area contributed by atoms with E-state index in [0.29, 0.717) is 11.3 Å². The topological polar surface area (TPSA) is 15.3 Å².